The van der Waals surface area contributed by atoms with Crippen LogP contribution < -0.4 is 4.90 Å². The fraction of sp³-hybridized carbons (Fsp3) is 0. The van der Waals surface area contributed by atoms with Gasteiger partial charge in [-0.05, 0) is 95.6 Å². The standard InChI is InChI=1S/C54H34N2OS/c1-3-13-35(14-4-1)37-25-29-43-42-17-7-10-20-49(42)56(50(43)31-37)41-33-46(54-48(34-41)45-19-9-12-22-53(45)58-54)36-23-26-39(27-24-36)55(38-15-5-2-6-16-38)40-28-30-52-47(32-40)44-18-8-11-21-51(44)57-52/h1-34H. The van der Waals surface area contributed by atoms with Crippen molar-refractivity contribution in [2.75, 3.05) is 4.90 Å². The number of aromatic nitrogens is 1. The summed E-state index contributed by atoms with van der Waals surface area (Å²) in [5.41, 5.74) is 13.4. The second-order valence-corrected chi connectivity index (χ2v) is 16.0. The molecule has 0 radical (unpaired) electrons. The largest absolute Gasteiger partial charge is 0.456 e. The Morgan fingerprint density at radius 3 is 1.86 bits per heavy atom. The van der Waals surface area contributed by atoms with E-state index in [0.717, 1.165) is 44.7 Å². The van der Waals surface area contributed by atoms with Gasteiger partial charge in [0.2, 0.25) is 0 Å². The summed E-state index contributed by atoms with van der Waals surface area (Å²) in [4.78, 5) is 2.33. The lowest BCUT2D eigenvalue weighted by molar-refractivity contribution is 0.669. The summed E-state index contributed by atoms with van der Waals surface area (Å²) in [6, 6.07) is 74.5. The Morgan fingerprint density at radius 2 is 1.02 bits per heavy atom. The van der Waals surface area contributed by atoms with Crippen LogP contribution in [0.3, 0.4) is 0 Å². The van der Waals surface area contributed by atoms with Gasteiger partial charge < -0.3 is 13.9 Å². The maximum absolute atomic E-state index is 6.21. The molecule has 0 N–H and O–H groups in total. The fourth-order valence-corrected chi connectivity index (χ4v) is 10.1. The van der Waals surface area contributed by atoms with Crippen LogP contribution in [-0.4, -0.2) is 4.57 Å². The first-order valence-electron chi connectivity index (χ1n) is 19.7. The van der Waals surface area contributed by atoms with Crippen molar-refractivity contribution in [1.29, 1.82) is 0 Å². The van der Waals surface area contributed by atoms with Crippen LogP contribution in [0.5, 0.6) is 0 Å². The zero-order valence-electron chi connectivity index (χ0n) is 31.3. The van der Waals surface area contributed by atoms with E-state index in [0.29, 0.717) is 0 Å². The second-order valence-electron chi connectivity index (χ2n) is 14.9. The Balaban J connectivity index is 1.05. The summed E-state index contributed by atoms with van der Waals surface area (Å²) in [7, 11) is 0. The highest BCUT2D eigenvalue weighted by Crippen LogP contribution is 2.45. The summed E-state index contributed by atoms with van der Waals surface area (Å²) in [6.45, 7) is 0. The maximum Gasteiger partial charge on any atom is 0.135 e. The molecular formula is C54H34N2OS. The summed E-state index contributed by atoms with van der Waals surface area (Å²) < 4.78 is 11.3. The van der Waals surface area contributed by atoms with Crippen LogP contribution in [0.25, 0.3) is 91.9 Å². The van der Waals surface area contributed by atoms with Crippen molar-refractivity contribution in [1.82, 2.24) is 4.57 Å². The minimum atomic E-state index is 0.889. The number of rotatable bonds is 6. The quantitative estimate of drug-likeness (QED) is 0.168. The first-order valence-corrected chi connectivity index (χ1v) is 20.5. The molecule has 3 aromatic heterocycles. The Labute approximate surface area is 338 Å². The highest BCUT2D eigenvalue weighted by Gasteiger charge is 2.20. The van der Waals surface area contributed by atoms with Gasteiger partial charge in [0.25, 0.3) is 0 Å². The molecule has 0 saturated heterocycles. The zero-order valence-corrected chi connectivity index (χ0v) is 32.2. The van der Waals surface area contributed by atoms with Gasteiger partial charge >= 0.3 is 0 Å². The number of nitrogens with zero attached hydrogens (tertiary/aromatic N) is 2. The first kappa shape index (κ1) is 32.8. The molecular weight excluding hydrogens is 725 g/mol. The van der Waals surface area contributed by atoms with E-state index in [-0.39, 0.29) is 0 Å². The van der Waals surface area contributed by atoms with Gasteiger partial charge in [-0.15, -0.1) is 11.3 Å². The number of hydrogen-bond donors (Lipinski definition) is 0. The smallest absolute Gasteiger partial charge is 0.135 e. The Kier molecular flexibility index (Phi) is 7.40. The van der Waals surface area contributed by atoms with Crippen LogP contribution in [0.4, 0.5) is 17.1 Å². The topological polar surface area (TPSA) is 21.3 Å². The average Bonchev–Trinajstić information content (AvgIpc) is 3.96. The molecule has 0 aliphatic heterocycles. The molecule has 12 rings (SSSR count). The van der Waals surface area contributed by atoms with Gasteiger partial charge in [-0.1, -0.05) is 127 Å². The van der Waals surface area contributed by atoms with Crippen molar-refractivity contribution in [3.05, 3.63) is 206 Å². The van der Waals surface area contributed by atoms with Crippen molar-refractivity contribution in [2.24, 2.45) is 0 Å². The summed E-state index contributed by atoms with van der Waals surface area (Å²) in [6.07, 6.45) is 0. The molecule has 0 spiro atoms. The number of thiophene rings is 1. The molecule has 0 fully saturated rings. The van der Waals surface area contributed by atoms with Crippen LogP contribution in [0, 0.1) is 0 Å². The summed E-state index contributed by atoms with van der Waals surface area (Å²) in [5, 5.41) is 7.28. The minimum absolute atomic E-state index is 0.889. The number of fused-ring (bicyclic) bond motifs is 9. The van der Waals surface area contributed by atoms with E-state index in [4.69, 9.17) is 4.42 Å². The van der Waals surface area contributed by atoms with Crippen molar-refractivity contribution < 1.29 is 4.42 Å². The van der Waals surface area contributed by atoms with Gasteiger partial charge in [0.05, 0.1) is 11.0 Å². The Hall–Kier alpha value is -7.40. The van der Waals surface area contributed by atoms with Gasteiger partial charge in [-0.2, -0.15) is 0 Å². The van der Waals surface area contributed by atoms with E-state index in [1.807, 2.05) is 23.5 Å². The molecule has 272 valence electrons. The van der Waals surface area contributed by atoms with E-state index in [9.17, 15) is 0 Å². The van der Waals surface area contributed by atoms with E-state index in [1.54, 1.807) is 0 Å². The Bertz CT molecular complexity index is 3500. The van der Waals surface area contributed by atoms with Crippen molar-refractivity contribution >= 4 is 92.3 Å². The first-order chi connectivity index (χ1) is 28.7. The lowest BCUT2D eigenvalue weighted by atomic mass is 10.0. The Morgan fingerprint density at radius 1 is 0.379 bits per heavy atom. The lowest BCUT2D eigenvalue weighted by Crippen LogP contribution is -2.09. The summed E-state index contributed by atoms with van der Waals surface area (Å²) in [5.74, 6) is 0. The van der Waals surface area contributed by atoms with Gasteiger partial charge in [-0.3, -0.25) is 0 Å². The molecule has 4 heteroatoms. The molecule has 12 aromatic rings. The van der Waals surface area contributed by atoms with Crippen molar-refractivity contribution in [2.45, 2.75) is 0 Å². The molecule has 0 amide bonds. The normalized spacial score (nSPS) is 11.8. The van der Waals surface area contributed by atoms with E-state index in [1.165, 1.54) is 64.2 Å². The van der Waals surface area contributed by atoms with E-state index < -0.39 is 0 Å². The van der Waals surface area contributed by atoms with Crippen molar-refractivity contribution in [3.8, 4) is 27.9 Å². The van der Waals surface area contributed by atoms with Gasteiger partial charge in [0.15, 0.2) is 0 Å². The molecule has 0 bridgehead atoms. The van der Waals surface area contributed by atoms with E-state index in [2.05, 4.69) is 204 Å². The third-order valence-corrected chi connectivity index (χ3v) is 12.8. The number of para-hydroxylation sites is 3. The molecule has 0 aliphatic carbocycles. The number of benzene rings is 9. The SMILES string of the molecule is c1ccc(-c2ccc3c4ccccc4n(-c4cc(-c5ccc(N(c6ccccc6)c6ccc7oc8ccccc8c7c6)cc5)c5sc6ccccc6c5c4)c3c2)cc1. The predicted molar refractivity (Wildman–Crippen MR) is 247 cm³/mol. The lowest BCUT2D eigenvalue weighted by Gasteiger charge is -2.25. The third kappa shape index (κ3) is 5.19. The van der Waals surface area contributed by atoms with Crippen LogP contribution in [0.2, 0.25) is 0 Å². The summed E-state index contributed by atoms with van der Waals surface area (Å²) >= 11 is 1.87. The zero-order chi connectivity index (χ0) is 38.2. The van der Waals surface area contributed by atoms with Gasteiger partial charge in [0, 0.05) is 70.0 Å². The number of anilines is 3. The van der Waals surface area contributed by atoms with Gasteiger partial charge in [-0.25, -0.2) is 0 Å². The predicted octanol–water partition coefficient (Wildman–Crippen LogP) is 15.9. The van der Waals surface area contributed by atoms with Crippen LogP contribution in [0.1, 0.15) is 0 Å². The maximum atomic E-state index is 6.21. The van der Waals surface area contributed by atoms with Crippen molar-refractivity contribution in [3.63, 3.8) is 0 Å². The van der Waals surface area contributed by atoms with Crippen LogP contribution in [0.15, 0.2) is 211 Å². The van der Waals surface area contributed by atoms with Crippen LogP contribution in [-0.2, 0) is 0 Å². The fourth-order valence-electron chi connectivity index (χ4n) is 8.88. The average molecular weight is 759 g/mol. The molecule has 3 heterocycles. The van der Waals surface area contributed by atoms with Gasteiger partial charge in [0.1, 0.15) is 11.2 Å². The number of furan rings is 1. The highest BCUT2D eigenvalue weighted by atomic mass is 32.1. The highest BCUT2D eigenvalue weighted by molar-refractivity contribution is 7.26. The molecule has 3 nitrogen and oxygen atoms in total. The third-order valence-electron chi connectivity index (χ3n) is 11.6. The number of hydrogen-bond acceptors (Lipinski definition) is 3. The molecule has 9 aromatic carbocycles. The second kappa shape index (κ2) is 13.1. The monoisotopic (exact) mass is 758 g/mol. The molecule has 0 atom stereocenters. The minimum Gasteiger partial charge on any atom is -0.456 e. The molecule has 0 saturated carbocycles. The van der Waals surface area contributed by atoms with Crippen LogP contribution >= 0.6 is 11.3 Å². The molecule has 58 heavy (non-hydrogen) atoms. The molecule has 0 unspecified atom stereocenters. The molecule has 0 aliphatic rings. The van der Waals surface area contributed by atoms with E-state index >= 15 is 0 Å².